The molecule has 1 unspecified atom stereocenters. The standard InChI is InChI=1S/C15H22N2O4/c1-4-10(2)17(3)15(21)16-13(14(19)20)9-11-5-7-12(18)8-6-11/h5-8,10,13,18H,4,9H2,1-3H3,(H,16,21)(H,19,20)/t10?,13-/m1/s1. The van der Waals surface area contributed by atoms with Crippen LogP contribution < -0.4 is 5.32 Å². The summed E-state index contributed by atoms with van der Waals surface area (Å²) >= 11 is 0. The quantitative estimate of drug-likeness (QED) is 0.746. The Kier molecular flexibility index (Phi) is 6.02. The van der Waals surface area contributed by atoms with Crippen molar-refractivity contribution in [3.05, 3.63) is 29.8 Å². The van der Waals surface area contributed by atoms with E-state index in [4.69, 9.17) is 0 Å². The maximum atomic E-state index is 12.0. The van der Waals surface area contributed by atoms with E-state index < -0.39 is 18.0 Å². The molecule has 0 aliphatic rings. The van der Waals surface area contributed by atoms with Crippen molar-refractivity contribution in [3.8, 4) is 5.75 Å². The number of phenols is 1. The first-order chi connectivity index (χ1) is 9.85. The molecule has 0 aliphatic heterocycles. The molecule has 6 heteroatoms. The summed E-state index contributed by atoms with van der Waals surface area (Å²) in [6.45, 7) is 3.86. The van der Waals surface area contributed by atoms with Crippen LogP contribution in [0.25, 0.3) is 0 Å². The SMILES string of the molecule is CCC(C)N(C)C(=O)N[C@H](Cc1ccc(O)cc1)C(=O)O. The van der Waals surface area contributed by atoms with Gasteiger partial charge in [-0.3, -0.25) is 0 Å². The van der Waals surface area contributed by atoms with E-state index in [0.717, 1.165) is 12.0 Å². The first-order valence-electron chi connectivity index (χ1n) is 6.89. The van der Waals surface area contributed by atoms with Crippen LogP contribution in [0.15, 0.2) is 24.3 Å². The van der Waals surface area contributed by atoms with Crippen LogP contribution in [0.4, 0.5) is 4.79 Å². The van der Waals surface area contributed by atoms with E-state index in [1.807, 2.05) is 13.8 Å². The van der Waals surface area contributed by atoms with Crippen molar-refractivity contribution in [2.75, 3.05) is 7.05 Å². The number of carbonyl (C=O) groups excluding carboxylic acids is 1. The minimum absolute atomic E-state index is 0.0353. The summed E-state index contributed by atoms with van der Waals surface area (Å²) in [5.41, 5.74) is 0.728. The maximum absolute atomic E-state index is 12.0. The second kappa shape index (κ2) is 7.52. The highest BCUT2D eigenvalue weighted by Gasteiger charge is 2.23. The predicted molar refractivity (Wildman–Crippen MR) is 79.3 cm³/mol. The minimum atomic E-state index is -1.09. The maximum Gasteiger partial charge on any atom is 0.326 e. The highest BCUT2D eigenvalue weighted by Crippen LogP contribution is 2.12. The number of carboxylic acid groups (broad SMARTS) is 1. The third kappa shape index (κ3) is 4.98. The predicted octanol–water partition coefficient (Wildman–Crippen LogP) is 1.83. The Balaban J connectivity index is 2.72. The molecule has 0 radical (unpaired) electrons. The number of aliphatic carboxylic acids is 1. The summed E-state index contributed by atoms with van der Waals surface area (Å²) in [4.78, 5) is 24.8. The van der Waals surface area contributed by atoms with Gasteiger partial charge in [-0.05, 0) is 31.0 Å². The number of rotatable bonds is 6. The van der Waals surface area contributed by atoms with Gasteiger partial charge >= 0.3 is 12.0 Å². The number of hydrogen-bond acceptors (Lipinski definition) is 3. The number of benzene rings is 1. The van der Waals surface area contributed by atoms with Crippen molar-refractivity contribution in [2.24, 2.45) is 0 Å². The van der Waals surface area contributed by atoms with Crippen LogP contribution in [-0.2, 0) is 11.2 Å². The van der Waals surface area contributed by atoms with Gasteiger partial charge < -0.3 is 20.4 Å². The number of nitrogens with one attached hydrogen (secondary N) is 1. The Morgan fingerprint density at radius 1 is 1.29 bits per heavy atom. The van der Waals surface area contributed by atoms with Crippen LogP contribution >= 0.6 is 0 Å². The molecule has 0 saturated carbocycles. The van der Waals surface area contributed by atoms with Crippen molar-refractivity contribution in [1.29, 1.82) is 0 Å². The number of urea groups is 1. The fourth-order valence-electron chi connectivity index (χ4n) is 1.79. The monoisotopic (exact) mass is 294 g/mol. The van der Waals surface area contributed by atoms with Crippen molar-refractivity contribution >= 4 is 12.0 Å². The summed E-state index contributed by atoms with van der Waals surface area (Å²) < 4.78 is 0. The molecule has 116 valence electrons. The molecule has 0 spiro atoms. The zero-order valence-electron chi connectivity index (χ0n) is 12.5. The van der Waals surface area contributed by atoms with Crippen LogP contribution in [-0.4, -0.2) is 46.2 Å². The summed E-state index contributed by atoms with van der Waals surface area (Å²) in [5, 5.41) is 21.0. The van der Waals surface area contributed by atoms with Gasteiger partial charge in [-0.15, -0.1) is 0 Å². The smallest absolute Gasteiger partial charge is 0.326 e. The fourth-order valence-corrected chi connectivity index (χ4v) is 1.79. The molecular weight excluding hydrogens is 272 g/mol. The van der Waals surface area contributed by atoms with Crippen molar-refractivity contribution < 1.29 is 19.8 Å². The molecule has 0 aliphatic carbocycles. The van der Waals surface area contributed by atoms with Gasteiger partial charge in [-0.2, -0.15) is 0 Å². The summed E-state index contributed by atoms with van der Waals surface area (Å²) in [6, 6.07) is 4.87. The van der Waals surface area contributed by atoms with Crippen LogP contribution in [0.1, 0.15) is 25.8 Å². The summed E-state index contributed by atoms with van der Waals surface area (Å²) in [7, 11) is 1.64. The molecule has 0 fully saturated rings. The lowest BCUT2D eigenvalue weighted by atomic mass is 10.1. The molecule has 0 heterocycles. The van der Waals surface area contributed by atoms with Crippen molar-refractivity contribution in [2.45, 2.75) is 38.8 Å². The highest BCUT2D eigenvalue weighted by atomic mass is 16.4. The number of hydrogen-bond donors (Lipinski definition) is 3. The first-order valence-corrected chi connectivity index (χ1v) is 6.89. The van der Waals surface area contributed by atoms with E-state index in [-0.39, 0.29) is 18.2 Å². The molecule has 0 bridgehead atoms. The largest absolute Gasteiger partial charge is 0.508 e. The van der Waals surface area contributed by atoms with Gasteiger partial charge in [0.1, 0.15) is 11.8 Å². The van der Waals surface area contributed by atoms with Gasteiger partial charge in [0.15, 0.2) is 0 Å². The molecule has 6 nitrogen and oxygen atoms in total. The number of phenolic OH excluding ortho intramolecular Hbond substituents is 1. The molecule has 21 heavy (non-hydrogen) atoms. The van der Waals surface area contributed by atoms with Crippen LogP contribution in [0.2, 0.25) is 0 Å². The van der Waals surface area contributed by atoms with Crippen molar-refractivity contribution in [3.63, 3.8) is 0 Å². The Labute approximate surface area is 124 Å². The molecule has 1 aromatic carbocycles. The summed E-state index contributed by atoms with van der Waals surface area (Å²) in [6.07, 6.45) is 0.954. The lowest BCUT2D eigenvalue weighted by molar-refractivity contribution is -0.139. The van der Waals surface area contributed by atoms with E-state index in [1.165, 1.54) is 17.0 Å². The van der Waals surface area contributed by atoms with Gasteiger partial charge in [0.2, 0.25) is 0 Å². The van der Waals surface area contributed by atoms with Crippen LogP contribution in [0.3, 0.4) is 0 Å². The number of carboxylic acids is 1. The van der Waals surface area contributed by atoms with Gasteiger partial charge in [-0.1, -0.05) is 19.1 Å². The number of nitrogens with zero attached hydrogens (tertiary/aromatic N) is 1. The van der Waals surface area contributed by atoms with Crippen LogP contribution in [0.5, 0.6) is 5.75 Å². The lowest BCUT2D eigenvalue weighted by Gasteiger charge is -2.26. The molecule has 2 amide bonds. The second-order valence-corrected chi connectivity index (χ2v) is 5.08. The molecule has 1 rings (SSSR count). The van der Waals surface area contributed by atoms with Gasteiger partial charge in [-0.25, -0.2) is 9.59 Å². The van der Waals surface area contributed by atoms with Crippen molar-refractivity contribution in [1.82, 2.24) is 10.2 Å². The third-order valence-corrected chi connectivity index (χ3v) is 3.54. The molecule has 0 aromatic heterocycles. The van der Waals surface area contributed by atoms with Crippen LogP contribution in [0, 0.1) is 0 Å². The average Bonchev–Trinajstić information content (AvgIpc) is 2.46. The molecule has 0 saturated heterocycles. The zero-order valence-corrected chi connectivity index (χ0v) is 12.5. The highest BCUT2D eigenvalue weighted by molar-refractivity contribution is 5.82. The lowest BCUT2D eigenvalue weighted by Crippen LogP contribution is -2.49. The first kappa shape index (κ1) is 16.8. The molecule has 2 atom stereocenters. The van der Waals surface area contributed by atoms with E-state index in [2.05, 4.69) is 5.32 Å². The van der Waals surface area contributed by atoms with E-state index in [9.17, 15) is 19.8 Å². The van der Waals surface area contributed by atoms with Gasteiger partial charge in [0, 0.05) is 19.5 Å². The topological polar surface area (TPSA) is 89.9 Å². The Morgan fingerprint density at radius 2 is 1.86 bits per heavy atom. The minimum Gasteiger partial charge on any atom is -0.508 e. The normalized spacial score (nSPS) is 13.3. The fraction of sp³-hybridized carbons (Fsp3) is 0.467. The number of amides is 2. The van der Waals surface area contributed by atoms with E-state index in [0.29, 0.717) is 0 Å². The van der Waals surface area contributed by atoms with Gasteiger partial charge in [0.05, 0.1) is 0 Å². The Hall–Kier alpha value is -2.24. The number of carbonyl (C=O) groups is 2. The van der Waals surface area contributed by atoms with E-state index in [1.54, 1.807) is 19.2 Å². The third-order valence-electron chi connectivity index (χ3n) is 3.54. The average molecular weight is 294 g/mol. The molecule has 1 aromatic rings. The zero-order chi connectivity index (χ0) is 16.0. The summed E-state index contributed by atoms with van der Waals surface area (Å²) in [5.74, 6) is -0.972. The Bertz CT molecular complexity index is 487. The van der Waals surface area contributed by atoms with Gasteiger partial charge in [0.25, 0.3) is 0 Å². The Morgan fingerprint density at radius 3 is 2.33 bits per heavy atom. The second-order valence-electron chi connectivity index (χ2n) is 5.08. The molecule has 3 N–H and O–H groups in total. The molecular formula is C15H22N2O4. The van der Waals surface area contributed by atoms with E-state index >= 15 is 0 Å². The number of aromatic hydroxyl groups is 1.